The Bertz CT molecular complexity index is 461. The fourth-order valence-corrected chi connectivity index (χ4v) is 5.06. The van der Waals surface area contributed by atoms with E-state index in [1.54, 1.807) is 6.92 Å². The summed E-state index contributed by atoms with van der Waals surface area (Å²) in [6, 6.07) is 8.14. The first-order valence-electron chi connectivity index (χ1n) is 6.70. The van der Waals surface area contributed by atoms with Crippen molar-refractivity contribution in [2.45, 2.75) is 46.2 Å². The molecule has 0 aliphatic carbocycles. The molecule has 1 amide bonds. The van der Waals surface area contributed by atoms with Crippen LogP contribution >= 0.6 is 0 Å². The van der Waals surface area contributed by atoms with Crippen molar-refractivity contribution in [1.82, 2.24) is 0 Å². The zero-order valence-electron chi connectivity index (χ0n) is 13.2. The van der Waals surface area contributed by atoms with Crippen LogP contribution in [-0.4, -0.2) is 22.4 Å². The molecule has 0 unspecified atom stereocenters. The molecule has 1 aromatic rings. The van der Waals surface area contributed by atoms with E-state index in [1.807, 2.05) is 22.8 Å². The third kappa shape index (κ3) is 4.51. The van der Waals surface area contributed by atoms with Gasteiger partial charge in [0, 0.05) is 12.6 Å². The molecule has 0 aromatic heterocycles. The van der Waals surface area contributed by atoms with Crippen LogP contribution < -0.4 is 9.55 Å². The van der Waals surface area contributed by atoms with Gasteiger partial charge in [0.2, 0.25) is 5.91 Å². The molecule has 1 rings (SSSR count). The van der Waals surface area contributed by atoms with Crippen LogP contribution in [0.4, 0.5) is 11.4 Å². The average Bonchev–Trinajstić information content (AvgIpc) is 2.15. The topological polar surface area (TPSA) is 32.3 Å². The molecule has 19 heavy (non-hydrogen) atoms. The molecule has 0 bridgehead atoms. The van der Waals surface area contributed by atoms with Gasteiger partial charge < -0.3 is 9.55 Å². The lowest BCUT2D eigenvalue weighted by Gasteiger charge is -2.36. The fraction of sp³-hybridized carbons (Fsp3) is 0.500. The Labute approximate surface area is 119 Å². The van der Waals surface area contributed by atoms with E-state index < -0.39 is 16.5 Å². The van der Waals surface area contributed by atoms with E-state index in [2.05, 4.69) is 50.3 Å². The van der Waals surface area contributed by atoms with Crippen LogP contribution in [0.25, 0.3) is 0 Å². The van der Waals surface area contributed by atoms with Gasteiger partial charge in [0.1, 0.15) is 8.24 Å². The fourth-order valence-electron chi connectivity index (χ4n) is 2.18. The van der Waals surface area contributed by atoms with Crippen molar-refractivity contribution in [3.63, 3.8) is 0 Å². The quantitative estimate of drug-likeness (QED) is 0.847. The first kappa shape index (κ1) is 16.0. The maximum atomic E-state index is 12.1. The summed E-state index contributed by atoms with van der Waals surface area (Å²) < 4.78 is 2.00. The highest BCUT2D eigenvalue weighted by Gasteiger charge is 2.30. The number of carbonyl (C=O) groups is 1. The largest absolute Gasteiger partial charge is 0.409 e. The van der Waals surface area contributed by atoms with Crippen molar-refractivity contribution in [3.05, 3.63) is 24.3 Å². The van der Waals surface area contributed by atoms with Crippen LogP contribution in [0.15, 0.2) is 24.3 Å². The van der Waals surface area contributed by atoms with E-state index in [0.717, 1.165) is 11.4 Å². The predicted octanol–water partition coefficient (Wildman–Crippen LogP) is 4.12. The van der Waals surface area contributed by atoms with Crippen molar-refractivity contribution in [2.24, 2.45) is 0 Å². The van der Waals surface area contributed by atoms with Crippen molar-refractivity contribution in [3.8, 4) is 0 Å². The molecule has 0 saturated heterocycles. The summed E-state index contributed by atoms with van der Waals surface area (Å²) in [4.78, 5) is 15.7. The van der Waals surface area contributed by atoms with Gasteiger partial charge >= 0.3 is 0 Å². The number of hydrogen-bond donors (Lipinski definition) is 1. The summed E-state index contributed by atoms with van der Waals surface area (Å²) in [5.74, 6) is 0.129. The van der Waals surface area contributed by atoms with Gasteiger partial charge in [-0.25, -0.2) is 0 Å². The minimum atomic E-state index is -1.74. The normalized spacial score (nSPS) is 12.2. The molecule has 1 N–H and O–H groups in total. The van der Waals surface area contributed by atoms with E-state index >= 15 is 0 Å². The molecule has 0 atom stereocenters. The number of anilines is 2. The van der Waals surface area contributed by atoms with E-state index in [9.17, 15) is 4.79 Å². The molecule has 0 spiro atoms. The second-order valence-corrected chi connectivity index (χ2v) is 16.5. The minimum absolute atomic E-state index is 0.129. The van der Waals surface area contributed by atoms with Gasteiger partial charge in [0.15, 0.2) is 8.24 Å². The van der Waals surface area contributed by atoms with Gasteiger partial charge in [-0.3, -0.25) is 4.79 Å². The third-order valence-corrected chi connectivity index (χ3v) is 5.56. The number of amides is 1. The van der Waals surface area contributed by atoms with E-state index in [1.165, 1.54) is 0 Å². The SMILES string of the molecule is CC(=O)N(c1ccccc1N[Si](C)(C)C)[Si](C)(C)C. The zero-order chi connectivity index (χ0) is 14.8. The van der Waals surface area contributed by atoms with E-state index in [-0.39, 0.29) is 5.91 Å². The highest BCUT2D eigenvalue weighted by Crippen LogP contribution is 2.31. The number of benzene rings is 1. The molecule has 0 heterocycles. The summed E-state index contributed by atoms with van der Waals surface area (Å²) in [5, 5.41) is 0. The third-order valence-electron chi connectivity index (χ3n) is 2.64. The van der Waals surface area contributed by atoms with Crippen LogP contribution in [0.5, 0.6) is 0 Å². The zero-order valence-corrected chi connectivity index (χ0v) is 15.2. The number of para-hydroxylation sites is 2. The van der Waals surface area contributed by atoms with Gasteiger partial charge in [-0.2, -0.15) is 0 Å². The molecule has 0 saturated carbocycles. The number of rotatable bonds is 4. The molecule has 106 valence electrons. The van der Waals surface area contributed by atoms with Gasteiger partial charge in [0.05, 0.1) is 5.69 Å². The van der Waals surface area contributed by atoms with Crippen LogP contribution in [0, 0.1) is 0 Å². The van der Waals surface area contributed by atoms with Crippen molar-refractivity contribution in [2.75, 3.05) is 9.55 Å². The van der Waals surface area contributed by atoms with Crippen LogP contribution in [0.1, 0.15) is 6.92 Å². The Morgan fingerprint density at radius 1 is 1.05 bits per heavy atom. The Hall–Kier alpha value is -1.08. The number of hydrogen-bond acceptors (Lipinski definition) is 2. The molecular weight excluding hydrogens is 268 g/mol. The van der Waals surface area contributed by atoms with Gasteiger partial charge in [0.25, 0.3) is 0 Å². The average molecular weight is 295 g/mol. The lowest BCUT2D eigenvalue weighted by atomic mass is 10.2. The molecule has 3 nitrogen and oxygen atoms in total. The monoisotopic (exact) mass is 294 g/mol. The van der Waals surface area contributed by atoms with Crippen molar-refractivity contribution < 1.29 is 4.79 Å². The molecule has 1 aromatic carbocycles. The molecular formula is C14H26N2OSi2. The van der Waals surface area contributed by atoms with Crippen molar-refractivity contribution in [1.29, 1.82) is 0 Å². The molecule has 0 radical (unpaired) electrons. The van der Waals surface area contributed by atoms with Crippen LogP contribution in [-0.2, 0) is 4.79 Å². The van der Waals surface area contributed by atoms with Gasteiger partial charge in [-0.15, -0.1) is 0 Å². The molecule has 0 fully saturated rings. The molecule has 0 aliphatic rings. The predicted molar refractivity (Wildman–Crippen MR) is 89.9 cm³/mol. The van der Waals surface area contributed by atoms with Gasteiger partial charge in [-0.05, 0) is 12.1 Å². The first-order chi connectivity index (χ1) is 8.52. The van der Waals surface area contributed by atoms with Crippen LogP contribution in [0.3, 0.4) is 0 Å². The van der Waals surface area contributed by atoms with E-state index in [0.29, 0.717) is 0 Å². The molecule has 0 aliphatic heterocycles. The smallest absolute Gasteiger partial charge is 0.215 e. The summed E-state index contributed by atoms with van der Waals surface area (Å²) in [6.45, 7) is 15.0. The Morgan fingerprint density at radius 3 is 2.00 bits per heavy atom. The minimum Gasteiger partial charge on any atom is -0.409 e. The summed E-state index contributed by atoms with van der Waals surface area (Å²) in [5.41, 5.74) is 2.11. The summed E-state index contributed by atoms with van der Waals surface area (Å²) in [7, 11) is -3.18. The van der Waals surface area contributed by atoms with Crippen molar-refractivity contribution >= 4 is 33.8 Å². The summed E-state index contributed by atoms with van der Waals surface area (Å²) >= 11 is 0. The number of nitrogens with zero attached hydrogens (tertiary/aromatic N) is 1. The maximum absolute atomic E-state index is 12.1. The Balaban J connectivity index is 3.28. The lowest BCUT2D eigenvalue weighted by molar-refractivity contribution is -0.115. The lowest BCUT2D eigenvalue weighted by Crippen LogP contribution is -2.49. The summed E-state index contributed by atoms with van der Waals surface area (Å²) in [6.07, 6.45) is 0. The number of carbonyl (C=O) groups excluding carboxylic acids is 1. The molecule has 5 heteroatoms. The highest BCUT2D eigenvalue weighted by atomic mass is 28.3. The second kappa shape index (κ2) is 5.50. The number of nitrogens with one attached hydrogen (secondary N) is 1. The van der Waals surface area contributed by atoms with Crippen LogP contribution in [0.2, 0.25) is 39.3 Å². The van der Waals surface area contributed by atoms with Gasteiger partial charge in [-0.1, -0.05) is 51.4 Å². The standard InChI is InChI=1S/C14H26N2OSi2/c1-12(17)16(19(5,6)7)14-11-9-8-10-13(14)15-18(2,3)4/h8-11,15H,1-7H3. The maximum Gasteiger partial charge on any atom is 0.215 e. The van der Waals surface area contributed by atoms with E-state index in [4.69, 9.17) is 0 Å². The second-order valence-electron chi connectivity index (χ2n) is 6.92. The highest BCUT2D eigenvalue weighted by molar-refractivity contribution is 6.83. The Kier molecular flexibility index (Phi) is 4.63. The first-order valence-corrected chi connectivity index (χ1v) is 13.6. The Morgan fingerprint density at radius 2 is 1.58 bits per heavy atom.